The average molecular weight is 293 g/mol. The zero-order valence-corrected chi connectivity index (χ0v) is 15.3. The van der Waals surface area contributed by atoms with Crippen molar-refractivity contribution in [1.29, 1.82) is 0 Å². The zero-order valence-electron chi connectivity index (χ0n) is 15.3. The molecule has 0 N–H and O–H groups in total. The molecule has 1 rings (SSSR count). The van der Waals surface area contributed by atoms with Gasteiger partial charge in [0.05, 0.1) is 0 Å². The smallest absolute Gasteiger partial charge is 0.0320 e. The highest BCUT2D eigenvalue weighted by molar-refractivity contribution is 5.00. The van der Waals surface area contributed by atoms with Gasteiger partial charge < -0.3 is 0 Å². The molecule has 0 spiro atoms. The molecule has 1 aliphatic carbocycles. The molecule has 0 heterocycles. The molecule has 3 unspecified atom stereocenters. The Labute approximate surface area is 134 Å². The lowest BCUT2D eigenvalue weighted by molar-refractivity contribution is 0.331. The minimum atomic E-state index is 1.01. The molecular formula is C21H40. The summed E-state index contributed by atoms with van der Waals surface area (Å²) in [7, 11) is 0. The molecule has 0 aliphatic heterocycles. The maximum absolute atomic E-state index is 2.45. The third-order valence-corrected chi connectivity index (χ3v) is 5.78. The van der Waals surface area contributed by atoms with Crippen molar-refractivity contribution in [3.63, 3.8) is 0 Å². The van der Waals surface area contributed by atoms with Gasteiger partial charge in [-0.3, -0.25) is 0 Å². The van der Waals surface area contributed by atoms with Crippen LogP contribution in [0.25, 0.3) is 0 Å². The second-order valence-corrected chi connectivity index (χ2v) is 7.33. The molecule has 0 amide bonds. The fraction of sp³-hybridized carbons (Fsp3) is 0.905. The van der Waals surface area contributed by atoms with Gasteiger partial charge in [-0.1, -0.05) is 77.9 Å². The summed E-state index contributed by atoms with van der Waals surface area (Å²) < 4.78 is 0. The van der Waals surface area contributed by atoms with Crippen LogP contribution in [-0.2, 0) is 0 Å². The van der Waals surface area contributed by atoms with E-state index < -0.39 is 0 Å². The molecule has 21 heavy (non-hydrogen) atoms. The Balaban J connectivity index is 2.18. The molecule has 0 bridgehead atoms. The first-order valence-electron chi connectivity index (χ1n) is 9.91. The van der Waals surface area contributed by atoms with E-state index in [0.717, 1.165) is 17.8 Å². The Bertz CT molecular complexity index is 276. The van der Waals surface area contributed by atoms with E-state index in [1.807, 2.05) is 0 Å². The molecule has 0 aromatic carbocycles. The highest BCUT2D eigenvalue weighted by Crippen LogP contribution is 2.38. The van der Waals surface area contributed by atoms with Crippen molar-refractivity contribution in [1.82, 2.24) is 0 Å². The molecule has 1 fully saturated rings. The number of unbranched alkanes of at least 4 members (excludes halogenated alkanes) is 1. The van der Waals surface area contributed by atoms with Crippen molar-refractivity contribution in [2.75, 3.05) is 0 Å². The molecule has 1 aliphatic rings. The maximum Gasteiger partial charge on any atom is -0.0320 e. The van der Waals surface area contributed by atoms with E-state index in [1.165, 1.54) is 77.0 Å². The van der Waals surface area contributed by atoms with E-state index >= 15 is 0 Å². The Morgan fingerprint density at radius 1 is 1.05 bits per heavy atom. The molecular weight excluding hydrogens is 252 g/mol. The van der Waals surface area contributed by atoms with E-state index in [9.17, 15) is 0 Å². The topological polar surface area (TPSA) is 0 Å². The molecule has 3 atom stereocenters. The van der Waals surface area contributed by atoms with Crippen LogP contribution in [0.3, 0.4) is 0 Å². The Morgan fingerprint density at radius 2 is 1.81 bits per heavy atom. The van der Waals surface area contributed by atoms with Gasteiger partial charge in [0, 0.05) is 0 Å². The van der Waals surface area contributed by atoms with Gasteiger partial charge in [-0.25, -0.2) is 0 Å². The Hall–Kier alpha value is -0.260. The minimum absolute atomic E-state index is 1.01. The van der Waals surface area contributed by atoms with Gasteiger partial charge in [0.15, 0.2) is 0 Å². The van der Waals surface area contributed by atoms with Gasteiger partial charge >= 0.3 is 0 Å². The fourth-order valence-electron chi connectivity index (χ4n) is 4.22. The lowest BCUT2D eigenvalue weighted by Gasteiger charge is -2.19. The summed E-state index contributed by atoms with van der Waals surface area (Å²) >= 11 is 0. The van der Waals surface area contributed by atoms with Crippen molar-refractivity contribution >= 4 is 0 Å². The molecule has 124 valence electrons. The predicted octanol–water partition coefficient (Wildman–Crippen LogP) is 7.54. The summed E-state index contributed by atoms with van der Waals surface area (Å²) in [4.78, 5) is 0. The second kappa shape index (κ2) is 11.3. The molecule has 0 saturated heterocycles. The van der Waals surface area contributed by atoms with Gasteiger partial charge in [-0.15, -0.1) is 0 Å². The fourth-order valence-corrected chi connectivity index (χ4v) is 4.22. The van der Waals surface area contributed by atoms with E-state index in [1.54, 1.807) is 5.57 Å². The summed E-state index contributed by atoms with van der Waals surface area (Å²) in [5.74, 6) is 3.12. The lowest BCUT2D eigenvalue weighted by Crippen LogP contribution is -2.06. The molecule has 0 heteroatoms. The van der Waals surface area contributed by atoms with Crippen LogP contribution in [-0.4, -0.2) is 0 Å². The molecule has 0 aromatic heterocycles. The molecule has 0 nitrogen and oxygen atoms in total. The van der Waals surface area contributed by atoms with Crippen LogP contribution in [0.1, 0.15) is 105 Å². The van der Waals surface area contributed by atoms with Gasteiger partial charge in [0.2, 0.25) is 0 Å². The minimum Gasteiger partial charge on any atom is -0.0856 e. The zero-order chi connectivity index (χ0) is 15.5. The number of hydrogen-bond acceptors (Lipinski definition) is 0. The lowest BCUT2D eigenvalue weighted by atomic mass is 9.87. The second-order valence-electron chi connectivity index (χ2n) is 7.33. The normalized spacial score (nSPS) is 24.5. The first kappa shape index (κ1) is 18.8. The number of allylic oxidation sites excluding steroid dienone is 2. The SMILES string of the molecule is CC/C=C(/CC)CCCCC(CC)CC1CCC(CC)C1. The van der Waals surface area contributed by atoms with Crippen LogP contribution in [0.2, 0.25) is 0 Å². The van der Waals surface area contributed by atoms with E-state index in [-0.39, 0.29) is 0 Å². The van der Waals surface area contributed by atoms with Gasteiger partial charge in [-0.05, 0) is 56.3 Å². The van der Waals surface area contributed by atoms with Crippen molar-refractivity contribution in [3.05, 3.63) is 11.6 Å². The van der Waals surface area contributed by atoms with Crippen molar-refractivity contribution in [2.45, 2.75) is 105 Å². The monoisotopic (exact) mass is 292 g/mol. The summed E-state index contributed by atoms with van der Waals surface area (Å²) in [5, 5.41) is 0. The first-order valence-corrected chi connectivity index (χ1v) is 9.91. The first-order chi connectivity index (χ1) is 10.2. The predicted molar refractivity (Wildman–Crippen MR) is 96.7 cm³/mol. The van der Waals surface area contributed by atoms with Crippen LogP contribution in [0, 0.1) is 17.8 Å². The van der Waals surface area contributed by atoms with E-state index in [0.29, 0.717) is 0 Å². The molecule has 1 saturated carbocycles. The quantitative estimate of drug-likeness (QED) is 0.272. The standard InChI is InChI=1S/C21H40/c1-5-11-18(6-2)12-9-10-13-19(7-3)16-21-15-14-20(8-4)17-21/h11,19-21H,5-10,12-17H2,1-4H3/b18-11-. The highest BCUT2D eigenvalue weighted by atomic mass is 14.3. The van der Waals surface area contributed by atoms with Crippen LogP contribution in [0.15, 0.2) is 11.6 Å². The van der Waals surface area contributed by atoms with E-state index in [4.69, 9.17) is 0 Å². The maximum atomic E-state index is 2.45. The summed E-state index contributed by atoms with van der Waals surface area (Å²) in [6.07, 6.45) is 19.5. The van der Waals surface area contributed by atoms with Crippen molar-refractivity contribution in [3.8, 4) is 0 Å². The highest BCUT2D eigenvalue weighted by Gasteiger charge is 2.25. The third kappa shape index (κ3) is 7.52. The molecule has 0 radical (unpaired) electrons. The summed E-state index contributed by atoms with van der Waals surface area (Å²) in [6.45, 7) is 9.35. The van der Waals surface area contributed by atoms with Crippen LogP contribution >= 0.6 is 0 Å². The van der Waals surface area contributed by atoms with Crippen molar-refractivity contribution < 1.29 is 0 Å². The number of hydrogen-bond donors (Lipinski definition) is 0. The van der Waals surface area contributed by atoms with Gasteiger partial charge in [0.25, 0.3) is 0 Å². The van der Waals surface area contributed by atoms with Crippen LogP contribution < -0.4 is 0 Å². The third-order valence-electron chi connectivity index (χ3n) is 5.78. The van der Waals surface area contributed by atoms with E-state index in [2.05, 4.69) is 33.8 Å². The Kier molecular flexibility index (Phi) is 10.1. The summed E-state index contributed by atoms with van der Waals surface area (Å²) in [6, 6.07) is 0. The van der Waals surface area contributed by atoms with Crippen LogP contribution in [0.5, 0.6) is 0 Å². The van der Waals surface area contributed by atoms with Gasteiger partial charge in [-0.2, -0.15) is 0 Å². The van der Waals surface area contributed by atoms with Gasteiger partial charge in [0.1, 0.15) is 0 Å². The Morgan fingerprint density at radius 3 is 2.38 bits per heavy atom. The van der Waals surface area contributed by atoms with Crippen LogP contribution in [0.4, 0.5) is 0 Å². The molecule has 0 aromatic rings. The summed E-state index contributed by atoms with van der Waals surface area (Å²) in [5.41, 5.74) is 1.69. The van der Waals surface area contributed by atoms with Crippen molar-refractivity contribution in [2.24, 2.45) is 17.8 Å². The largest absolute Gasteiger partial charge is 0.0856 e. The average Bonchev–Trinajstić information content (AvgIpc) is 2.96. The number of rotatable bonds is 11.